The van der Waals surface area contributed by atoms with E-state index < -0.39 is 5.97 Å². The number of hydrogen-bond donors (Lipinski definition) is 2. The summed E-state index contributed by atoms with van der Waals surface area (Å²) in [5.74, 6) is -1.16. The van der Waals surface area contributed by atoms with Gasteiger partial charge in [0.1, 0.15) is 5.75 Å². The van der Waals surface area contributed by atoms with Crippen molar-refractivity contribution in [1.82, 2.24) is 0 Å². The minimum atomic E-state index is -1.10. The Labute approximate surface area is 80.3 Å². The van der Waals surface area contributed by atoms with Gasteiger partial charge in [0, 0.05) is 11.6 Å². The Morgan fingerprint density at radius 1 is 1.50 bits per heavy atom. The molecule has 0 aliphatic carbocycles. The number of aromatic hydroxyl groups is 1. The van der Waals surface area contributed by atoms with E-state index in [0.29, 0.717) is 11.1 Å². The van der Waals surface area contributed by atoms with Gasteiger partial charge in [-0.3, -0.25) is 0 Å². The largest absolute Gasteiger partial charge is 0.507 e. The monoisotopic (exact) mass is 189 g/mol. The van der Waals surface area contributed by atoms with Crippen LogP contribution in [0, 0.1) is 11.3 Å². The van der Waals surface area contributed by atoms with E-state index in [-0.39, 0.29) is 5.75 Å². The van der Waals surface area contributed by atoms with Gasteiger partial charge in [-0.25, -0.2) is 4.79 Å². The summed E-state index contributed by atoms with van der Waals surface area (Å²) in [4.78, 5) is 10.2. The Kier molecular flexibility index (Phi) is 2.87. The summed E-state index contributed by atoms with van der Waals surface area (Å²) >= 11 is 0. The zero-order valence-electron chi connectivity index (χ0n) is 7.14. The van der Waals surface area contributed by atoms with E-state index in [9.17, 15) is 9.90 Å². The maximum Gasteiger partial charge on any atom is 0.328 e. The zero-order chi connectivity index (χ0) is 10.6. The molecule has 0 atom stereocenters. The Bertz CT molecular complexity index is 429. The third-order valence-electron chi connectivity index (χ3n) is 1.56. The highest BCUT2D eigenvalue weighted by Crippen LogP contribution is 2.19. The van der Waals surface area contributed by atoms with Crippen LogP contribution in [0.1, 0.15) is 11.1 Å². The number of aliphatic carboxylic acids is 1. The maximum absolute atomic E-state index is 10.2. The number of phenols is 1. The van der Waals surface area contributed by atoms with Gasteiger partial charge >= 0.3 is 5.97 Å². The first-order valence-electron chi connectivity index (χ1n) is 3.77. The van der Waals surface area contributed by atoms with Crippen molar-refractivity contribution in [2.75, 3.05) is 0 Å². The second kappa shape index (κ2) is 4.10. The molecular formula is C10H7NO3. The van der Waals surface area contributed by atoms with Gasteiger partial charge < -0.3 is 10.2 Å². The summed E-state index contributed by atoms with van der Waals surface area (Å²) in [7, 11) is 0. The van der Waals surface area contributed by atoms with Gasteiger partial charge in [0.05, 0.1) is 11.6 Å². The molecule has 0 aromatic heterocycles. The van der Waals surface area contributed by atoms with Gasteiger partial charge in [0.25, 0.3) is 0 Å². The number of nitrogens with zero attached hydrogens (tertiary/aromatic N) is 1. The summed E-state index contributed by atoms with van der Waals surface area (Å²) in [6.07, 6.45) is 2.13. The first-order chi connectivity index (χ1) is 6.63. The fourth-order valence-corrected chi connectivity index (χ4v) is 0.919. The number of carbonyl (C=O) groups is 1. The molecule has 0 aliphatic heterocycles. The Hall–Kier alpha value is -2.28. The SMILES string of the molecule is N#Cc1ccc(O)c(/C=C/C(=O)O)c1. The molecule has 70 valence electrons. The minimum absolute atomic E-state index is 0.0542. The predicted molar refractivity (Wildman–Crippen MR) is 49.5 cm³/mol. The van der Waals surface area contributed by atoms with Gasteiger partial charge in [0.15, 0.2) is 0 Å². The van der Waals surface area contributed by atoms with Crippen LogP contribution in [-0.2, 0) is 4.79 Å². The van der Waals surface area contributed by atoms with Crippen molar-refractivity contribution in [2.24, 2.45) is 0 Å². The number of carboxylic acid groups (broad SMARTS) is 1. The molecular weight excluding hydrogens is 182 g/mol. The first kappa shape index (κ1) is 9.81. The maximum atomic E-state index is 10.2. The molecule has 0 bridgehead atoms. The second-order valence-corrected chi connectivity index (χ2v) is 2.56. The van der Waals surface area contributed by atoms with Gasteiger partial charge in [-0.15, -0.1) is 0 Å². The Morgan fingerprint density at radius 3 is 2.79 bits per heavy atom. The molecule has 0 saturated heterocycles. The third kappa shape index (κ3) is 2.35. The van der Waals surface area contributed by atoms with Gasteiger partial charge in [-0.2, -0.15) is 5.26 Å². The van der Waals surface area contributed by atoms with Crippen LogP contribution in [0.5, 0.6) is 5.75 Å². The lowest BCUT2D eigenvalue weighted by Crippen LogP contribution is -1.86. The van der Waals surface area contributed by atoms with Gasteiger partial charge in [-0.05, 0) is 24.3 Å². The third-order valence-corrected chi connectivity index (χ3v) is 1.56. The molecule has 0 radical (unpaired) electrons. The molecule has 4 nitrogen and oxygen atoms in total. The molecule has 1 aromatic rings. The fourth-order valence-electron chi connectivity index (χ4n) is 0.919. The van der Waals surface area contributed by atoms with Crippen molar-refractivity contribution in [2.45, 2.75) is 0 Å². The van der Waals surface area contributed by atoms with Crippen LogP contribution in [0.2, 0.25) is 0 Å². The van der Waals surface area contributed by atoms with E-state index in [1.807, 2.05) is 6.07 Å². The van der Waals surface area contributed by atoms with Crippen LogP contribution < -0.4 is 0 Å². The molecule has 1 aromatic carbocycles. The van der Waals surface area contributed by atoms with E-state index in [0.717, 1.165) is 6.08 Å². The molecule has 2 N–H and O–H groups in total. The standard InChI is InChI=1S/C10H7NO3/c11-6-7-1-3-9(12)8(5-7)2-4-10(13)14/h1-5,12H,(H,13,14)/b4-2+. The molecule has 14 heavy (non-hydrogen) atoms. The summed E-state index contributed by atoms with van der Waals surface area (Å²) in [5, 5.41) is 26.2. The highest BCUT2D eigenvalue weighted by molar-refractivity contribution is 5.86. The highest BCUT2D eigenvalue weighted by atomic mass is 16.4. The molecule has 0 heterocycles. The lowest BCUT2D eigenvalue weighted by molar-refractivity contribution is -0.131. The van der Waals surface area contributed by atoms with Crippen molar-refractivity contribution >= 4 is 12.0 Å². The van der Waals surface area contributed by atoms with Crippen LogP contribution >= 0.6 is 0 Å². The molecule has 0 spiro atoms. The van der Waals surface area contributed by atoms with Crippen LogP contribution in [0.3, 0.4) is 0 Å². The van der Waals surface area contributed by atoms with Crippen molar-refractivity contribution < 1.29 is 15.0 Å². The molecule has 0 fully saturated rings. The molecule has 1 rings (SSSR count). The van der Waals surface area contributed by atoms with Crippen LogP contribution in [0.4, 0.5) is 0 Å². The normalized spacial score (nSPS) is 9.93. The number of carboxylic acids is 1. The summed E-state index contributed by atoms with van der Waals surface area (Å²) in [5.41, 5.74) is 0.680. The van der Waals surface area contributed by atoms with E-state index in [4.69, 9.17) is 10.4 Å². The topological polar surface area (TPSA) is 81.3 Å². The fraction of sp³-hybridized carbons (Fsp3) is 0. The van der Waals surface area contributed by atoms with Crippen molar-refractivity contribution in [3.63, 3.8) is 0 Å². The summed E-state index contributed by atoms with van der Waals surface area (Å²) < 4.78 is 0. The Balaban J connectivity index is 3.08. The van der Waals surface area contributed by atoms with E-state index >= 15 is 0 Å². The van der Waals surface area contributed by atoms with Crippen molar-refractivity contribution in [3.05, 3.63) is 35.4 Å². The van der Waals surface area contributed by atoms with Crippen LogP contribution in [0.15, 0.2) is 24.3 Å². The second-order valence-electron chi connectivity index (χ2n) is 2.56. The van der Waals surface area contributed by atoms with Crippen molar-refractivity contribution in [1.29, 1.82) is 5.26 Å². The quantitative estimate of drug-likeness (QED) is 0.688. The van der Waals surface area contributed by atoms with Crippen LogP contribution in [0.25, 0.3) is 6.08 Å². The molecule has 0 saturated carbocycles. The van der Waals surface area contributed by atoms with Crippen LogP contribution in [-0.4, -0.2) is 16.2 Å². The predicted octanol–water partition coefficient (Wildman–Crippen LogP) is 1.36. The zero-order valence-corrected chi connectivity index (χ0v) is 7.14. The summed E-state index contributed by atoms with van der Waals surface area (Å²) in [6.45, 7) is 0. The van der Waals surface area contributed by atoms with Gasteiger partial charge in [-0.1, -0.05) is 0 Å². The number of benzene rings is 1. The Morgan fingerprint density at radius 2 is 2.21 bits per heavy atom. The summed E-state index contributed by atoms with van der Waals surface area (Å²) in [6, 6.07) is 6.10. The number of hydrogen-bond acceptors (Lipinski definition) is 3. The lowest BCUT2D eigenvalue weighted by atomic mass is 10.1. The number of phenolic OH excluding ortho intramolecular Hbond substituents is 1. The molecule has 0 aliphatic rings. The minimum Gasteiger partial charge on any atom is -0.507 e. The molecule has 0 amide bonds. The number of nitriles is 1. The highest BCUT2D eigenvalue weighted by Gasteiger charge is 1.99. The van der Waals surface area contributed by atoms with Gasteiger partial charge in [0.2, 0.25) is 0 Å². The molecule has 0 unspecified atom stereocenters. The smallest absolute Gasteiger partial charge is 0.328 e. The number of rotatable bonds is 2. The average molecular weight is 189 g/mol. The lowest BCUT2D eigenvalue weighted by Gasteiger charge is -1.97. The first-order valence-corrected chi connectivity index (χ1v) is 3.77. The van der Waals surface area contributed by atoms with E-state index in [2.05, 4.69) is 0 Å². The van der Waals surface area contributed by atoms with E-state index in [1.54, 1.807) is 0 Å². The van der Waals surface area contributed by atoms with E-state index in [1.165, 1.54) is 24.3 Å². The van der Waals surface area contributed by atoms with Crippen molar-refractivity contribution in [3.8, 4) is 11.8 Å². The molecule has 4 heteroatoms. The average Bonchev–Trinajstić information content (AvgIpc) is 2.16.